The molecule has 0 aliphatic carbocycles. The first-order valence-electron chi connectivity index (χ1n) is 12.7. The van der Waals surface area contributed by atoms with Crippen LogP contribution in [-0.4, -0.2) is 49.6 Å². The number of benzene rings is 1. The van der Waals surface area contributed by atoms with E-state index in [1.54, 1.807) is 11.9 Å². The Labute approximate surface area is 218 Å². The molecule has 0 saturated carbocycles. The number of hydrogen-bond acceptors (Lipinski definition) is 8. The quantitative estimate of drug-likeness (QED) is 0.381. The lowest BCUT2D eigenvalue weighted by molar-refractivity contribution is 0.102. The van der Waals surface area contributed by atoms with Crippen LogP contribution in [0.15, 0.2) is 55.4 Å². The molecule has 2 aromatic heterocycles. The van der Waals surface area contributed by atoms with E-state index in [2.05, 4.69) is 80.6 Å². The van der Waals surface area contributed by atoms with Gasteiger partial charge < -0.3 is 14.9 Å². The van der Waals surface area contributed by atoms with Crippen molar-refractivity contribution in [3.05, 3.63) is 77.8 Å². The van der Waals surface area contributed by atoms with Gasteiger partial charge in [-0.3, -0.25) is 4.90 Å². The molecule has 188 valence electrons. The minimum absolute atomic E-state index is 0.416. The molecule has 2 aliphatic rings. The highest BCUT2D eigenvalue weighted by atomic mass is 32.2. The number of pyridine rings is 1. The van der Waals surface area contributed by atoms with Gasteiger partial charge in [0, 0.05) is 72.9 Å². The SMILES string of the molecule is C=C(c1ccnc(NSC)c1)N1CC[C@@H](N2Cc3cnc(Nc4ccc(CC)cc4)nc3C2)C[C@H]1C. The molecule has 0 radical (unpaired) electrons. The van der Waals surface area contributed by atoms with Crippen LogP contribution in [0.4, 0.5) is 17.5 Å². The van der Waals surface area contributed by atoms with Crippen molar-refractivity contribution in [3.8, 4) is 0 Å². The summed E-state index contributed by atoms with van der Waals surface area (Å²) in [6.45, 7) is 11.7. The monoisotopic (exact) mass is 501 g/mol. The number of anilines is 3. The third-order valence-electron chi connectivity index (χ3n) is 7.31. The Morgan fingerprint density at radius 2 is 2.00 bits per heavy atom. The van der Waals surface area contributed by atoms with Crippen LogP contribution in [0.25, 0.3) is 5.70 Å². The van der Waals surface area contributed by atoms with Crippen LogP contribution >= 0.6 is 11.9 Å². The van der Waals surface area contributed by atoms with E-state index < -0.39 is 0 Å². The van der Waals surface area contributed by atoms with E-state index >= 15 is 0 Å². The minimum atomic E-state index is 0.416. The highest BCUT2D eigenvalue weighted by molar-refractivity contribution is 7.99. The molecule has 2 N–H and O–H groups in total. The number of likely N-dealkylation sites (tertiary alicyclic amines) is 1. The van der Waals surface area contributed by atoms with Crippen molar-refractivity contribution in [2.45, 2.75) is 58.3 Å². The second kappa shape index (κ2) is 10.9. The van der Waals surface area contributed by atoms with Gasteiger partial charge in [0.1, 0.15) is 5.82 Å². The first kappa shape index (κ1) is 24.6. The average molecular weight is 502 g/mol. The molecule has 5 rings (SSSR count). The van der Waals surface area contributed by atoms with Gasteiger partial charge in [0.2, 0.25) is 5.95 Å². The first-order chi connectivity index (χ1) is 17.5. The molecular formula is C28H35N7S. The van der Waals surface area contributed by atoms with Crippen molar-refractivity contribution in [3.63, 3.8) is 0 Å². The van der Waals surface area contributed by atoms with Crippen molar-refractivity contribution in [1.82, 2.24) is 24.8 Å². The van der Waals surface area contributed by atoms with Crippen LogP contribution in [0, 0.1) is 0 Å². The Kier molecular flexibility index (Phi) is 7.43. The first-order valence-corrected chi connectivity index (χ1v) is 13.9. The molecule has 36 heavy (non-hydrogen) atoms. The number of hydrogen-bond donors (Lipinski definition) is 2. The van der Waals surface area contributed by atoms with Gasteiger partial charge in [-0.15, -0.1) is 0 Å². The highest BCUT2D eigenvalue weighted by Crippen LogP contribution is 2.33. The van der Waals surface area contributed by atoms with Crippen LogP contribution in [0.2, 0.25) is 0 Å². The normalized spacial score (nSPS) is 19.7. The van der Waals surface area contributed by atoms with E-state index in [0.29, 0.717) is 18.0 Å². The number of aromatic nitrogens is 3. The van der Waals surface area contributed by atoms with E-state index in [9.17, 15) is 0 Å². The maximum atomic E-state index is 4.86. The summed E-state index contributed by atoms with van der Waals surface area (Å²) in [5, 5.41) is 3.36. The predicted molar refractivity (Wildman–Crippen MR) is 150 cm³/mol. The number of piperidine rings is 1. The molecule has 7 nitrogen and oxygen atoms in total. The van der Waals surface area contributed by atoms with E-state index in [0.717, 1.165) is 67.4 Å². The Morgan fingerprint density at radius 1 is 1.17 bits per heavy atom. The molecule has 3 aromatic rings. The molecular weight excluding hydrogens is 466 g/mol. The van der Waals surface area contributed by atoms with Crippen LogP contribution in [0.3, 0.4) is 0 Å². The van der Waals surface area contributed by atoms with Gasteiger partial charge in [-0.05, 0) is 56.0 Å². The van der Waals surface area contributed by atoms with E-state index in [-0.39, 0.29) is 0 Å². The summed E-state index contributed by atoms with van der Waals surface area (Å²) in [4.78, 5) is 18.9. The molecule has 0 amide bonds. The zero-order valence-electron chi connectivity index (χ0n) is 21.4. The van der Waals surface area contributed by atoms with Gasteiger partial charge in [-0.1, -0.05) is 37.6 Å². The Balaban J connectivity index is 1.19. The summed E-state index contributed by atoms with van der Waals surface area (Å²) in [6, 6.07) is 13.6. The van der Waals surface area contributed by atoms with Crippen molar-refractivity contribution < 1.29 is 0 Å². The fraction of sp³-hybridized carbons (Fsp3) is 0.393. The lowest BCUT2D eigenvalue weighted by Crippen LogP contribution is -2.46. The highest BCUT2D eigenvalue weighted by Gasteiger charge is 2.33. The Hall–Kier alpha value is -3.10. The van der Waals surface area contributed by atoms with E-state index in [1.165, 1.54) is 11.1 Å². The summed E-state index contributed by atoms with van der Waals surface area (Å²) < 4.78 is 3.22. The predicted octanol–water partition coefficient (Wildman–Crippen LogP) is 5.71. The number of nitrogens with zero attached hydrogens (tertiary/aromatic N) is 5. The average Bonchev–Trinajstić information content (AvgIpc) is 3.33. The summed E-state index contributed by atoms with van der Waals surface area (Å²) in [7, 11) is 0. The number of nitrogens with one attached hydrogen (secondary N) is 2. The van der Waals surface area contributed by atoms with E-state index in [4.69, 9.17) is 4.98 Å². The number of rotatable bonds is 8. The van der Waals surface area contributed by atoms with E-state index in [1.807, 2.05) is 24.7 Å². The van der Waals surface area contributed by atoms with Gasteiger partial charge in [-0.25, -0.2) is 15.0 Å². The van der Waals surface area contributed by atoms with Crippen LogP contribution < -0.4 is 10.0 Å². The maximum absolute atomic E-state index is 4.86. The Bertz CT molecular complexity index is 1210. The number of aryl methyl sites for hydroxylation is 1. The zero-order valence-corrected chi connectivity index (χ0v) is 22.2. The topological polar surface area (TPSA) is 69.2 Å². The van der Waals surface area contributed by atoms with Gasteiger partial charge in [-0.2, -0.15) is 0 Å². The second-order valence-corrected chi connectivity index (χ2v) is 10.3. The standard InChI is InChI=1S/C28H35N7S/c1-5-21-6-8-24(9-7-21)31-28-30-16-23-17-34(18-26(23)32-28)25-11-13-35(19(2)14-25)20(3)22-10-12-29-27(15-22)33-36-4/h6-10,12,15-16,19,25H,3,5,11,13-14,17-18H2,1-2,4H3,(H,29,33)(H,30,31,32)/t19-,25-/m1/s1. The molecule has 1 aromatic carbocycles. The summed E-state index contributed by atoms with van der Waals surface area (Å²) in [5.74, 6) is 1.54. The zero-order chi connectivity index (χ0) is 25.1. The smallest absolute Gasteiger partial charge is 0.227 e. The fourth-order valence-corrected chi connectivity index (χ4v) is 5.59. The third-order valence-corrected chi connectivity index (χ3v) is 7.72. The molecule has 0 spiro atoms. The van der Waals surface area contributed by atoms with Crippen LogP contribution in [0.5, 0.6) is 0 Å². The largest absolute Gasteiger partial charge is 0.369 e. The summed E-state index contributed by atoms with van der Waals surface area (Å²) in [6.07, 6.45) is 9.10. The molecule has 2 aliphatic heterocycles. The third kappa shape index (κ3) is 5.34. The minimum Gasteiger partial charge on any atom is -0.369 e. The van der Waals surface area contributed by atoms with Gasteiger partial charge in [0.15, 0.2) is 0 Å². The van der Waals surface area contributed by atoms with Crippen LogP contribution in [0.1, 0.15) is 49.1 Å². The van der Waals surface area contributed by atoms with Gasteiger partial charge in [0.05, 0.1) is 5.69 Å². The van der Waals surface area contributed by atoms with Gasteiger partial charge >= 0.3 is 0 Å². The van der Waals surface area contributed by atoms with Gasteiger partial charge in [0.25, 0.3) is 0 Å². The van der Waals surface area contributed by atoms with Crippen molar-refractivity contribution in [2.75, 3.05) is 22.8 Å². The molecule has 2 atom stereocenters. The van der Waals surface area contributed by atoms with Crippen molar-refractivity contribution in [2.24, 2.45) is 0 Å². The molecule has 1 saturated heterocycles. The fourth-order valence-electron chi connectivity index (χ4n) is 5.27. The van der Waals surface area contributed by atoms with Crippen LogP contribution in [-0.2, 0) is 19.5 Å². The Morgan fingerprint density at radius 3 is 2.75 bits per heavy atom. The van der Waals surface area contributed by atoms with Crippen molar-refractivity contribution in [1.29, 1.82) is 0 Å². The molecule has 8 heteroatoms. The lowest BCUT2D eigenvalue weighted by atomic mass is 9.95. The molecule has 0 unspecified atom stereocenters. The summed E-state index contributed by atoms with van der Waals surface area (Å²) in [5.41, 5.74) is 6.93. The summed E-state index contributed by atoms with van der Waals surface area (Å²) >= 11 is 1.55. The number of fused-ring (bicyclic) bond motifs is 1. The molecule has 0 bridgehead atoms. The second-order valence-electron chi connectivity index (χ2n) is 9.65. The lowest BCUT2D eigenvalue weighted by Gasteiger charge is -2.43. The van der Waals surface area contributed by atoms with Crippen molar-refractivity contribution >= 4 is 35.1 Å². The molecule has 1 fully saturated rings. The molecule has 4 heterocycles. The maximum Gasteiger partial charge on any atom is 0.227 e.